The van der Waals surface area contributed by atoms with Gasteiger partial charge in [-0.15, -0.1) is 0 Å². The average Bonchev–Trinajstić information content (AvgIpc) is 2.99. The average molecular weight is 350 g/mol. The maximum Gasteiger partial charge on any atom is 0.303 e. The first-order valence-corrected chi connectivity index (χ1v) is 7.98. The number of ether oxygens (including phenoxy) is 2. The topological polar surface area (TPSA) is 105 Å². The van der Waals surface area contributed by atoms with Crippen LogP contribution in [0.2, 0.25) is 0 Å². The maximum absolute atomic E-state index is 12.3. The quantitative estimate of drug-likeness (QED) is 0.679. The highest BCUT2D eigenvalue weighted by atomic mass is 16.5. The first kappa shape index (κ1) is 18.6. The lowest BCUT2D eigenvalue weighted by molar-refractivity contribution is -0.137. The summed E-state index contributed by atoms with van der Waals surface area (Å²) in [6.07, 6.45) is 0.469. The summed E-state index contributed by atoms with van der Waals surface area (Å²) in [5, 5.41) is 11.3. The Morgan fingerprint density at radius 2 is 2.08 bits per heavy atom. The number of hydrogen-bond donors (Lipinski definition) is 2. The summed E-state index contributed by atoms with van der Waals surface area (Å²) in [5.74, 6) is -0.662. The normalized spacial score (nSPS) is 16.6. The van der Waals surface area contributed by atoms with Gasteiger partial charge in [-0.2, -0.15) is 0 Å². The highest BCUT2D eigenvalue weighted by Gasteiger charge is 2.36. The molecule has 1 heterocycles. The molecule has 0 saturated carbocycles. The highest BCUT2D eigenvalue weighted by Crippen LogP contribution is 2.35. The van der Waals surface area contributed by atoms with Gasteiger partial charge in [0.05, 0.1) is 25.8 Å². The zero-order valence-electron chi connectivity index (χ0n) is 14.3. The van der Waals surface area contributed by atoms with Crippen LogP contribution in [0.5, 0.6) is 11.5 Å². The van der Waals surface area contributed by atoms with Crippen LogP contribution in [0, 0.1) is 5.92 Å². The summed E-state index contributed by atoms with van der Waals surface area (Å²) in [6, 6.07) is 5.13. The van der Waals surface area contributed by atoms with Crippen LogP contribution < -0.4 is 19.7 Å². The Balaban J connectivity index is 2.00. The largest absolute Gasteiger partial charge is 0.497 e. The number of aliphatic carboxylic acids is 1. The minimum Gasteiger partial charge on any atom is -0.497 e. The molecule has 1 aromatic rings. The molecule has 0 spiro atoms. The van der Waals surface area contributed by atoms with Crippen molar-refractivity contribution in [1.29, 1.82) is 0 Å². The number of rotatable bonds is 8. The van der Waals surface area contributed by atoms with E-state index in [4.69, 9.17) is 14.6 Å². The number of hydrogen-bond acceptors (Lipinski definition) is 5. The molecule has 1 unspecified atom stereocenters. The molecule has 1 aliphatic heterocycles. The SMILES string of the molecule is COc1ccc(N2CC(C(=O)NCCCC(=O)O)CC2=O)c(OC)c1. The van der Waals surface area contributed by atoms with Gasteiger partial charge in [0, 0.05) is 32.0 Å². The molecule has 8 heteroatoms. The van der Waals surface area contributed by atoms with Crippen LogP contribution in [-0.4, -0.2) is 50.2 Å². The fourth-order valence-corrected chi connectivity index (χ4v) is 2.72. The van der Waals surface area contributed by atoms with Gasteiger partial charge in [-0.1, -0.05) is 0 Å². The summed E-state index contributed by atoms with van der Waals surface area (Å²) < 4.78 is 10.5. The minimum atomic E-state index is -0.900. The van der Waals surface area contributed by atoms with Crippen molar-refractivity contribution in [3.8, 4) is 11.5 Å². The molecule has 2 N–H and O–H groups in total. The standard InChI is InChI=1S/C17H22N2O6/c1-24-12-5-6-13(14(9-12)25-2)19-10-11(8-15(19)20)17(23)18-7-3-4-16(21)22/h5-6,9,11H,3-4,7-8,10H2,1-2H3,(H,18,23)(H,21,22). The van der Waals surface area contributed by atoms with Gasteiger partial charge in [0.15, 0.2) is 0 Å². The summed E-state index contributed by atoms with van der Waals surface area (Å²) in [4.78, 5) is 36.5. The first-order chi connectivity index (χ1) is 12.0. The molecular formula is C17H22N2O6. The van der Waals surface area contributed by atoms with Gasteiger partial charge in [-0.05, 0) is 18.6 Å². The summed E-state index contributed by atoms with van der Waals surface area (Å²) in [7, 11) is 3.05. The monoisotopic (exact) mass is 350 g/mol. The minimum absolute atomic E-state index is 0.000943. The molecule has 0 aromatic heterocycles. The molecule has 1 aliphatic rings. The van der Waals surface area contributed by atoms with Crippen LogP contribution in [0.4, 0.5) is 5.69 Å². The van der Waals surface area contributed by atoms with Crippen LogP contribution in [0.15, 0.2) is 18.2 Å². The van der Waals surface area contributed by atoms with Crippen molar-refractivity contribution in [3.63, 3.8) is 0 Å². The van der Waals surface area contributed by atoms with E-state index in [1.165, 1.54) is 12.0 Å². The second-order valence-electron chi connectivity index (χ2n) is 5.73. The maximum atomic E-state index is 12.3. The van der Waals surface area contributed by atoms with Gasteiger partial charge in [0.1, 0.15) is 11.5 Å². The number of nitrogens with one attached hydrogen (secondary N) is 1. The van der Waals surface area contributed by atoms with Crippen LogP contribution in [0.25, 0.3) is 0 Å². The van der Waals surface area contributed by atoms with Crippen molar-refractivity contribution < 1.29 is 29.0 Å². The summed E-state index contributed by atoms with van der Waals surface area (Å²) in [5.41, 5.74) is 0.592. The van der Waals surface area contributed by atoms with Crippen LogP contribution in [0.3, 0.4) is 0 Å². The lowest BCUT2D eigenvalue weighted by atomic mass is 10.1. The van der Waals surface area contributed by atoms with Gasteiger partial charge >= 0.3 is 5.97 Å². The molecule has 1 saturated heterocycles. The molecule has 0 bridgehead atoms. The molecule has 8 nitrogen and oxygen atoms in total. The molecule has 2 rings (SSSR count). The van der Waals surface area contributed by atoms with Crippen LogP contribution in [-0.2, 0) is 14.4 Å². The summed E-state index contributed by atoms with van der Waals surface area (Å²) in [6.45, 7) is 0.536. The molecule has 0 radical (unpaired) electrons. The molecular weight excluding hydrogens is 328 g/mol. The number of carbonyl (C=O) groups is 3. The zero-order chi connectivity index (χ0) is 18.4. The van der Waals surface area contributed by atoms with Gasteiger partial charge in [-0.3, -0.25) is 14.4 Å². The predicted molar refractivity (Wildman–Crippen MR) is 89.9 cm³/mol. The number of anilines is 1. The second-order valence-corrected chi connectivity index (χ2v) is 5.73. The third-order valence-electron chi connectivity index (χ3n) is 4.04. The van der Waals surface area contributed by atoms with Gasteiger partial charge in [0.2, 0.25) is 11.8 Å². The van der Waals surface area contributed by atoms with Crippen molar-refractivity contribution in [2.24, 2.45) is 5.92 Å². The Bertz CT molecular complexity index is 661. The van der Waals surface area contributed by atoms with Gasteiger partial charge < -0.3 is 24.8 Å². The number of carboxylic acids is 1. The Morgan fingerprint density at radius 3 is 2.72 bits per heavy atom. The number of carbonyl (C=O) groups excluding carboxylic acids is 2. The van der Waals surface area contributed by atoms with E-state index in [0.29, 0.717) is 23.6 Å². The molecule has 1 atom stereocenters. The van der Waals surface area contributed by atoms with Crippen molar-refractivity contribution >= 4 is 23.5 Å². The van der Waals surface area contributed by atoms with Crippen molar-refractivity contribution in [1.82, 2.24) is 5.32 Å². The number of methoxy groups -OCH3 is 2. The molecule has 0 aliphatic carbocycles. The van der Waals surface area contributed by atoms with Crippen LogP contribution in [0.1, 0.15) is 19.3 Å². The fourth-order valence-electron chi connectivity index (χ4n) is 2.72. The lowest BCUT2D eigenvalue weighted by Crippen LogP contribution is -2.33. The van der Waals surface area contributed by atoms with E-state index in [1.54, 1.807) is 25.3 Å². The van der Waals surface area contributed by atoms with Gasteiger partial charge in [-0.25, -0.2) is 0 Å². The van der Waals surface area contributed by atoms with E-state index in [2.05, 4.69) is 5.32 Å². The van der Waals surface area contributed by atoms with E-state index in [-0.39, 0.29) is 37.7 Å². The third-order valence-corrected chi connectivity index (χ3v) is 4.04. The Kier molecular flexibility index (Phi) is 6.21. The number of carboxylic acid groups (broad SMARTS) is 1. The van der Waals surface area contributed by atoms with E-state index < -0.39 is 11.9 Å². The number of nitrogens with zero attached hydrogens (tertiary/aromatic N) is 1. The van der Waals surface area contributed by atoms with E-state index in [9.17, 15) is 14.4 Å². The Hall–Kier alpha value is -2.77. The highest BCUT2D eigenvalue weighted by molar-refractivity contribution is 6.01. The Morgan fingerprint density at radius 1 is 1.32 bits per heavy atom. The van der Waals surface area contributed by atoms with Gasteiger partial charge in [0.25, 0.3) is 0 Å². The lowest BCUT2D eigenvalue weighted by Gasteiger charge is -2.20. The smallest absolute Gasteiger partial charge is 0.303 e. The first-order valence-electron chi connectivity index (χ1n) is 7.98. The molecule has 1 aromatic carbocycles. The van der Waals surface area contributed by atoms with Crippen molar-refractivity contribution in [2.75, 3.05) is 32.2 Å². The molecule has 25 heavy (non-hydrogen) atoms. The fraction of sp³-hybridized carbons (Fsp3) is 0.471. The molecule has 2 amide bonds. The van der Waals surface area contributed by atoms with E-state index >= 15 is 0 Å². The molecule has 1 fully saturated rings. The number of benzene rings is 1. The summed E-state index contributed by atoms with van der Waals surface area (Å²) >= 11 is 0. The second kappa shape index (κ2) is 8.36. The Labute approximate surface area is 145 Å². The van der Waals surface area contributed by atoms with Crippen LogP contribution >= 0.6 is 0 Å². The van der Waals surface area contributed by atoms with Crippen molar-refractivity contribution in [2.45, 2.75) is 19.3 Å². The van der Waals surface area contributed by atoms with E-state index in [0.717, 1.165) is 0 Å². The van der Waals surface area contributed by atoms with Crippen molar-refractivity contribution in [3.05, 3.63) is 18.2 Å². The number of amides is 2. The predicted octanol–water partition coefficient (Wildman–Crippen LogP) is 1.04. The third kappa shape index (κ3) is 4.62. The van der Waals surface area contributed by atoms with E-state index in [1.807, 2.05) is 0 Å². The molecule has 136 valence electrons. The zero-order valence-corrected chi connectivity index (χ0v) is 14.3.